The summed E-state index contributed by atoms with van der Waals surface area (Å²) in [4.78, 5) is 0. The molecular formula is C15H31NO. The van der Waals surface area contributed by atoms with Crippen molar-refractivity contribution >= 4 is 0 Å². The third-order valence-corrected chi connectivity index (χ3v) is 3.80. The molecule has 0 radical (unpaired) electrons. The molecule has 2 nitrogen and oxygen atoms in total. The van der Waals surface area contributed by atoms with Gasteiger partial charge in [-0.2, -0.15) is 0 Å². The summed E-state index contributed by atoms with van der Waals surface area (Å²) in [5.74, 6) is 0.713. The van der Waals surface area contributed by atoms with Gasteiger partial charge in [0.05, 0.1) is 6.10 Å². The molecule has 0 heterocycles. The summed E-state index contributed by atoms with van der Waals surface area (Å²) in [5, 5.41) is 3.61. The number of hydrogen-bond acceptors (Lipinski definition) is 2. The summed E-state index contributed by atoms with van der Waals surface area (Å²) in [5.41, 5.74) is 0. The summed E-state index contributed by atoms with van der Waals surface area (Å²) in [6.07, 6.45) is 9.64. The van der Waals surface area contributed by atoms with Crippen LogP contribution in [0.4, 0.5) is 0 Å². The van der Waals surface area contributed by atoms with Gasteiger partial charge in [0.15, 0.2) is 0 Å². The fraction of sp³-hybridized carbons (Fsp3) is 1.00. The van der Waals surface area contributed by atoms with Gasteiger partial charge < -0.3 is 10.1 Å². The average Bonchev–Trinajstić information content (AvgIpc) is 2.53. The molecule has 1 rings (SSSR count). The van der Waals surface area contributed by atoms with Crippen molar-refractivity contribution in [3.8, 4) is 0 Å². The SMILES string of the molecule is CCCC(C)COC1CCCCCC1NCC. The first-order valence-electron chi connectivity index (χ1n) is 7.62. The predicted molar refractivity (Wildman–Crippen MR) is 74.4 cm³/mol. The van der Waals surface area contributed by atoms with E-state index in [1.165, 1.54) is 44.9 Å². The van der Waals surface area contributed by atoms with Gasteiger partial charge in [0.25, 0.3) is 0 Å². The van der Waals surface area contributed by atoms with Crippen LogP contribution >= 0.6 is 0 Å². The van der Waals surface area contributed by atoms with Gasteiger partial charge in [0.2, 0.25) is 0 Å². The Morgan fingerprint density at radius 3 is 2.65 bits per heavy atom. The van der Waals surface area contributed by atoms with Crippen LogP contribution in [0.2, 0.25) is 0 Å². The van der Waals surface area contributed by atoms with Gasteiger partial charge in [-0.15, -0.1) is 0 Å². The molecule has 1 aliphatic carbocycles. The number of rotatable bonds is 7. The Kier molecular flexibility index (Phi) is 7.87. The van der Waals surface area contributed by atoms with Gasteiger partial charge in [-0.1, -0.05) is 46.5 Å². The Bertz CT molecular complexity index is 184. The van der Waals surface area contributed by atoms with Gasteiger partial charge in [-0.25, -0.2) is 0 Å². The van der Waals surface area contributed by atoms with E-state index in [1.54, 1.807) is 0 Å². The quantitative estimate of drug-likeness (QED) is 0.685. The van der Waals surface area contributed by atoms with Gasteiger partial charge in [-0.05, 0) is 31.7 Å². The van der Waals surface area contributed by atoms with E-state index in [-0.39, 0.29) is 0 Å². The van der Waals surface area contributed by atoms with Crippen molar-refractivity contribution in [2.24, 2.45) is 5.92 Å². The Balaban J connectivity index is 2.34. The molecule has 3 atom stereocenters. The van der Waals surface area contributed by atoms with E-state index >= 15 is 0 Å². The van der Waals surface area contributed by atoms with Crippen LogP contribution < -0.4 is 5.32 Å². The topological polar surface area (TPSA) is 21.3 Å². The molecule has 0 saturated heterocycles. The van der Waals surface area contributed by atoms with Gasteiger partial charge in [0.1, 0.15) is 0 Å². The highest BCUT2D eigenvalue weighted by molar-refractivity contribution is 4.80. The zero-order valence-electron chi connectivity index (χ0n) is 12.0. The lowest BCUT2D eigenvalue weighted by atomic mass is 10.0. The van der Waals surface area contributed by atoms with Crippen molar-refractivity contribution in [2.75, 3.05) is 13.2 Å². The Morgan fingerprint density at radius 2 is 1.94 bits per heavy atom. The number of likely N-dealkylation sites (N-methyl/N-ethyl adjacent to an activating group) is 1. The minimum absolute atomic E-state index is 0.455. The van der Waals surface area contributed by atoms with Crippen LogP contribution in [0.5, 0.6) is 0 Å². The normalized spacial score (nSPS) is 27.7. The van der Waals surface area contributed by atoms with Gasteiger partial charge in [0, 0.05) is 12.6 Å². The van der Waals surface area contributed by atoms with E-state index in [9.17, 15) is 0 Å². The molecule has 0 aromatic carbocycles. The summed E-state index contributed by atoms with van der Waals surface area (Å²) >= 11 is 0. The highest BCUT2D eigenvalue weighted by atomic mass is 16.5. The van der Waals surface area contributed by atoms with Crippen LogP contribution in [0.1, 0.15) is 65.7 Å². The highest BCUT2D eigenvalue weighted by Crippen LogP contribution is 2.21. The molecule has 1 aliphatic rings. The minimum atomic E-state index is 0.455. The third kappa shape index (κ3) is 5.87. The molecular weight excluding hydrogens is 210 g/mol. The molecule has 1 N–H and O–H groups in total. The number of ether oxygens (including phenoxy) is 1. The number of hydrogen-bond donors (Lipinski definition) is 1. The first kappa shape index (κ1) is 15.0. The first-order chi connectivity index (χ1) is 8.27. The molecule has 0 spiro atoms. The van der Waals surface area contributed by atoms with Crippen molar-refractivity contribution in [3.05, 3.63) is 0 Å². The molecule has 0 aliphatic heterocycles. The van der Waals surface area contributed by atoms with E-state index in [0.29, 0.717) is 18.1 Å². The first-order valence-corrected chi connectivity index (χ1v) is 7.62. The van der Waals surface area contributed by atoms with E-state index < -0.39 is 0 Å². The minimum Gasteiger partial charge on any atom is -0.376 e. The molecule has 1 fully saturated rings. The lowest BCUT2D eigenvalue weighted by Gasteiger charge is -2.27. The fourth-order valence-electron chi connectivity index (χ4n) is 2.83. The van der Waals surface area contributed by atoms with Crippen LogP contribution in [0.3, 0.4) is 0 Å². The van der Waals surface area contributed by atoms with Crippen molar-refractivity contribution in [1.82, 2.24) is 5.32 Å². The van der Waals surface area contributed by atoms with Gasteiger partial charge in [-0.3, -0.25) is 0 Å². The van der Waals surface area contributed by atoms with Gasteiger partial charge >= 0.3 is 0 Å². The monoisotopic (exact) mass is 241 g/mol. The molecule has 0 amide bonds. The maximum absolute atomic E-state index is 6.18. The van der Waals surface area contributed by atoms with E-state index in [1.807, 2.05) is 0 Å². The summed E-state index contributed by atoms with van der Waals surface area (Å²) < 4.78 is 6.18. The van der Waals surface area contributed by atoms with Crippen LogP contribution in [0, 0.1) is 5.92 Å². The zero-order chi connectivity index (χ0) is 12.5. The number of nitrogens with one attached hydrogen (secondary N) is 1. The van der Waals surface area contributed by atoms with Crippen LogP contribution in [-0.2, 0) is 4.74 Å². The third-order valence-electron chi connectivity index (χ3n) is 3.80. The Hall–Kier alpha value is -0.0800. The summed E-state index contributed by atoms with van der Waals surface area (Å²) in [6, 6.07) is 0.594. The van der Waals surface area contributed by atoms with E-state index in [4.69, 9.17) is 4.74 Å². The molecule has 1 saturated carbocycles. The fourth-order valence-corrected chi connectivity index (χ4v) is 2.83. The summed E-state index contributed by atoms with van der Waals surface area (Å²) in [7, 11) is 0. The molecule has 3 unspecified atom stereocenters. The van der Waals surface area contributed by atoms with E-state index in [0.717, 1.165) is 13.2 Å². The second kappa shape index (κ2) is 8.93. The predicted octanol–water partition coefficient (Wildman–Crippen LogP) is 3.75. The molecule has 102 valence electrons. The van der Waals surface area contributed by atoms with Crippen LogP contribution in [0.25, 0.3) is 0 Å². The van der Waals surface area contributed by atoms with Crippen LogP contribution in [0.15, 0.2) is 0 Å². The molecule has 0 aromatic rings. The molecule has 2 heteroatoms. The largest absolute Gasteiger partial charge is 0.376 e. The van der Waals surface area contributed by atoms with Crippen molar-refractivity contribution in [1.29, 1.82) is 0 Å². The average molecular weight is 241 g/mol. The van der Waals surface area contributed by atoms with Crippen molar-refractivity contribution in [2.45, 2.75) is 77.9 Å². The zero-order valence-corrected chi connectivity index (χ0v) is 12.0. The molecule has 0 aromatic heterocycles. The van der Waals surface area contributed by atoms with Crippen molar-refractivity contribution in [3.63, 3.8) is 0 Å². The molecule has 17 heavy (non-hydrogen) atoms. The van der Waals surface area contributed by atoms with E-state index in [2.05, 4.69) is 26.1 Å². The highest BCUT2D eigenvalue weighted by Gasteiger charge is 2.23. The lowest BCUT2D eigenvalue weighted by molar-refractivity contribution is 0.00407. The summed E-state index contributed by atoms with van der Waals surface area (Å²) in [6.45, 7) is 8.77. The Morgan fingerprint density at radius 1 is 1.18 bits per heavy atom. The Labute approximate surface area is 108 Å². The van der Waals surface area contributed by atoms with Crippen LogP contribution in [-0.4, -0.2) is 25.3 Å². The maximum Gasteiger partial charge on any atom is 0.0728 e. The second-order valence-electron chi connectivity index (χ2n) is 5.57. The smallest absolute Gasteiger partial charge is 0.0728 e. The maximum atomic E-state index is 6.18. The standard InChI is InChI=1S/C15H31NO/c1-4-9-13(3)12-17-15-11-8-6-7-10-14(15)16-5-2/h13-16H,4-12H2,1-3H3. The molecule has 0 bridgehead atoms. The second-order valence-corrected chi connectivity index (χ2v) is 5.57. The lowest BCUT2D eigenvalue weighted by Crippen LogP contribution is -2.41. The van der Waals surface area contributed by atoms with Crippen molar-refractivity contribution < 1.29 is 4.74 Å².